The van der Waals surface area contributed by atoms with Gasteiger partial charge < -0.3 is 5.32 Å². The summed E-state index contributed by atoms with van der Waals surface area (Å²) in [4.78, 5) is 23.9. The van der Waals surface area contributed by atoms with Crippen molar-refractivity contribution >= 4 is 34.8 Å². The largest absolute Gasteiger partial charge is 0.326 e. The number of halogens is 1. The lowest BCUT2D eigenvalue weighted by molar-refractivity contribution is -0.117. The first-order valence-corrected chi connectivity index (χ1v) is 8.42. The summed E-state index contributed by atoms with van der Waals surface area (Å²) in [5.74, 6) is -0.123. The maximum absolute atomic E-state index is 12.2. The molecule has 2 amide bonds. The molecule has 0 unspecified atom stereocenters. The summed E-state index contributed by atoms with van der Waals surface area (Å²) in [6.45, 7) is 1.81. The molecule has 0 spiro atoms. The van der Waals surface area contributed by atoms with E-state index in [0.717, 1.165) is 18.4 Å². The standard InChI is InChI=1S/C19H18ClN3O2/c1-12(13-4-8-16(20)9-5-13)22-23-19(25)15-6-10-17(11-7-15)21-18(24)14-2-3-14/h4-11,14H,2-3H2,1H3,(H,21,24)(H,23,25). The first kappa shape index (κ1) is 17.2. The van der Waals surface area contributed by atoms with Crippen LogP contribution in [0.25, 0.3) is 0 Å². The van der Waals surface area contributed by atoms with Gasteiger partial charge in [-0.2, -0.15) is 5.10 Å². The summed E-state index contributed by atoms with van der Waals surface area (Å²) < 4.78 is 0. The third-order valence-corrected chi connectivity index (χ3v) is 4.20. The molecule has 1 aliphatic rings. The fourth-order valence-corrected chi connectivity index (χ4v) is 2.38. The summed E-state index contributed by atoms with van der Waals surface area (Å²) in [7, 11) is 0. The Kier molecular flexibility index (Phi) is 5.14. The van der Waals surface area contributed by atoms with Crippen molar-refractivity contribution < 1.29 is 9.59 Å². The number of amides is 2. The number of carbonyl (C=O) groups is 2. The highest BCUT2D eigenvalue weighted by Crippen LogP contribution is 2.30. The van der Waals surface area contributed by atoms with Crippen LogP contribution in [-0.4, -0.2) is 17.5 Å². The van der Waals surface area contributed by atoms with Gasteiger partial charge in [0.25, 0.3) is 5.91 Å². The quantitative estimate of drug-likeness (QED) is 0.631. The molecule has 25 heavy (non-hydrogen) atoms. The van der Waals surface area contributed by atoms with Crippen LogP contribution in [0.4, 0.5) is 5.69 Å². The second-order valence-corrected chi connectivity index (χ2v) is 6.42. The van der Waals surface area contributed by atoms with E-state index < -0.39 is 0 Å². The zero-order valence-corrected chi connectivity index (χ0v) is 14.5. The SMILES string of the molecule is CC(=NNC(=O)c1ccc(NC(=O)C2CC2)cc1)c1ccc(Cl)cc1. The van der Waals surface area contributed by atoms with Gasteiger partial charge in [-0.05, 0) is 61.7 Å². The number of rotatable bonds is 5. The number of hydrogen-bond acceptors (Lipinski definition) is 3. The Balaban J connectivity index is 1.59. The molecule has 1 aliphatic carbocycles. The Morgan fingerprint density at radius 1 is 1.00 bits per heavy atom. The van der Waals surface area contributed by atoms with Crippen LogP contribution in [-0.2, 0) is 4.79 Å². The van der Waals surface area contributed by atoms with E-state index in [2.05, 4.69) is 15.8 Å². The summed E-state index contributed by atoms with van der Waals surface area (Å²) in [5, 5.41) is 7.59. The Morgan fingerprint density at radius 3 is 2.20 bits per heavy atom. The minimum atomic E-state index is -0.312. The molecule has 0 atom stereocenters. The first-order chi connectivity index (χ1) is 12.0. The van der Waals surface area contributed by atoms with Crippen molar-refractivity contribution in [3.63, 3.8) is 0 Å². The normalized spacial score (nSPS) is 14.1. The van der Waals surface area contributed by atoms with Gasteiger partial charge >= 0.3 is 0 Å². The lowest BCUT2D eigenvalue weighted by Crippen LogP contribution is -2.19. The minimum absolute atomic E-state index is 0.0420. The van der Waals surface area contributed by atoms with Crippen molar-refractivity contribution in [2.24, 2.45) is 11.0 Å². The van der Waals surface area contributed by atoms with Crippen LogP contribution in [0.5, 0.6) is 0 Å². The number of hydrazone groups is 1. The van der Waals surface area contributed by atoms with Gasteiger partial charge in [-0.15, -0.1) is 0 Å². The molecule has 1 fully saturated rings. The predicted molar refractivity (Wildman–Crippen MR) is 98.9 cm³/mol. The zero-order chi connectivity index (χ0) is 17.8. The minimum Gasteiger partial charge on any atom is -0.326 e. The number of hydrogen-bond donors (Lipinski definition) is 2. The second-order valence-electron chi connectivity index (χ2n) is 5.99. The fraction of sp³-hybridized carbons (Fsp3) is 0.211. The van der Waals surface area contributed by atoms with Crippen LogP contribution in [0.3, 0.4) is 0 Å². The van der Waals surface area contributed by atoms with E-state index in [1.54, 1.807) is 43.3 Å². The van der Waals surface area contributed by atoms with Gasteiger partial charge in [0, 0.05) is 22.2 Å². The Bertz CT molecular complexity index is 810. The van der Waals surface area contributed by atoms with Crippen LogP contribution in [0.1, 0.15) is 35.7 Å². The highest BCUT2D eigenvalue weighted by Gasteiger charge is 2.29. The van der Waals surface area contributed by atoms with E-state index in [1.165, 1.54) is 0 Å². The molecular formula is C19H18ClN3O2. The van der Waals surface area contributed by atoms with Gasteiger partial charge in [0.05, 0.1) is 5.71 Å². The third-order valence-electron chi connectivity index (χ3n) is 3.95. The number of nitrogens with one attached hydrogen (secondary N) is 2. The van der Waals surface area contributed by atoms with Crippen molar-refractivity contribution in [2.75, 3.05) is 5.32 Å². The van der Waals surface area contributed by atoms with Gasteiger partial charge in [-0.1, -0.05) is 23.7 Å². The topological polar surface area (TPSA) is 70.6 Å². The van der Waals surface area contributed by atoms with Crippen LogP contribution < -0.4 is 10.7 Å². The monoisotopic (exact) mass is 355 g/mol. The molecule has 0 aromatic heterocycles. The van der Waals surface area contributed by atoms with Crippen LogP contribution in [0, 0.1) is 5.92 Å². The molecule has 2 aromatic rings. The molecule has 5 nitrogen and oxygen atoms in total. The molecule has 128 valence electrons. The highest BCUT2D eigenvalue weighted by atomic mass is 35.5. The average molecular weight is 356 g/mol. The zero-order valence-electron chi connectivity index (χ0n) is 13.8. The molecule has 2 N–H and O–H groups in total. The molecule has 0 saturated heterocycles. The molecule has 3 rings (SSSR count). The molecule has 0 heterocycles. The summed E-state index contributed by atoms with van der Waals surface area (Å²) in [5.41, 5.74) is 5.24. The van der Waals surface area contributed by atoms with E-state index in [9.17, 15) is 9.59 Å². The number of carbonyl (C=O) groups excluding carboxylic acids is 2. The van der Waals surface area contributed by atoms with Crippen molar-refractivity contribution in [3.05, 3.63) is 64.7 Å². The van der Waals surface area contributed by atoms with Crippen LogP contribution in [0.15, 0.2) is 53.6 Å². The molecular weight excluding hydrogens is 338 g/mol. The van der Waals surface area contributed by atoms with E-state index in [-0.39, 0.29) is 17.7 Å². The highest BCUT2D eigenvalue weighted by molar-refractivity contribution is 6.30. The number of benzene rings is 2. The summed E-state index contributed by atoms with van der Waals surface area (Å²) >= 11 is 5.85. The van der Waals surface area contributed by atoms with Crippen molar-refractivity contribution in [1.29, 1.82) is 0 Å². The molecule has 0 bridgehead atoms. The van der Waals surface area contributed by atoms with Gasteiger partial charge in [-0.25, -0.2) is 5.43 Å². The van der Waals surface area contributed by atoms with E-state index in [1.807, 2.05) is 12.1 Å². The summed E-state index contributed by atoms with van der Waals surface area (Å²) in [6, 6.07) is 14.0. The van der Waals surface area contributed by atoms with Crippen LogP contribution in [0.2, 0.25) is 5.02 Å². The lowest BCUT2D eigenvalue weighted by atomic mass is 10.1. The summed E-state index contributed by atoms with van der Waals surface area (Å²) in [6.07, 6.45) is 1.91. The van der Waals surface area contributed by atoms with Crippen molar-refractivity contribution in [1.82, 2.24) is 5.43 Å². The molecule has 0 radical (unpaired) electrons. The maximum Gasteiger partial charge on any atom is 0.271 e. The Hall–Kier alpha value is -2.66. The molecule has 2 aromatic carbocycles. The number of nitrogens with zero attached hydrogens (tertiary/aromatic N) is 1. The lowest BCUT2D eigenvalue weighted by Gasteiger charge is -2.06. The van der Waals surface area contributed by atoms with E-state index in [0.29, 0.717) is 22.0 Å². The van der Waals surface area contributed by atoms with Gasteiger partial charge in [0.2, 0.25) is 5.91 Å². The van der Waals surface area contributed by atoms with Crippen molar-refractivity contribution in [2.45, 2.75) is 19.8 Å². The maximum atomic E-state index is 12.2. The predicted octanol–water partition coefficient (Wildman–Crippen LogP) is 3.84. The Morgan fingerprint density at radius 2 is 1.60 bits per heavy atom. The molecule has 0 aliphatic heterocycles. The fourth-order valence-electron chi connectivity index (χ4n) is 2.25. The average Bonchev–Trinajstić information content (AvgIpc) is 3.46. The molecule has 1 saturated carbocycles. The van der Waals surface area contributed by atoms with E-state index >= 15 is 0 Å². The van der Waals surface area contributed by atoms with Crippen LogP contribution >= 0.6 is 11.6 Å². The smallest absolute Gasteiger partial charge is 0.271 e. The van der Waals surface area contributed by atoms with Gasteiger partial charge in [-0.3, -0.25) is 9.59 Å². The van der Waals surface area contributed by atoms with E-state index in [4.69, 9.17) is 11.6 Å². The molecule has 6 heteroatoms. The third kappa shape index (κ3) is 4.67. The van der Waals surface area contributed by atoms with Crippen molar-refractivity contribution in [3.8, 4) is 0 Å². The first-order valence-electron chi connectivity index (χ1n) is 8.04. The number of anilines is 1. The Labute approximate surface area is 151 Å². The van der Waals surface area contributed by atoms with Gasteiger partial charge in [0.15, 0.2) is 0 Å². The van der Waals surface area contributed by atoms with Gasteiger partial charge in [0.1, 0.15) is 0 Å². The second kappa shape index (κ2) is 7.49.